The summed E-state index contributed by atoms with van der Waals surface area (Å²) in [7, 11) is 0. The zero-order chi connectivity index (χ0) is 38.7. The summed E-state index contributed by atoms with van der Waals surface area (Å²) in [6.07, 6.45) is 10.8. The van der Waals surface area contributed by atoms with Gasteiger partial charge in [-0.2, -0.15) is 17.2 Å². The van der Waals surface area contributed by atoms with Gasteiger partial charge in [0.2, 0.25) is 0 Å². The van der Waals surface area contributed by atoms with Gasteiger partial charge in [-0.15, -0.1) is 35.7 Å². The molecular weight excluding hydrogens is 783 g/mol. The van der Waals surface area contributed by atoms with Crippen molar-refractivity contribution in [2.24, 2.45) is 0 Å². The number of benzene rings is 4. The number of para-hydroxylation sites is 1. The number of hydrogen-bond acceptors (Lipinski definition) is 4. The Bertz CT molecular complexity index is 2430. The Morgan fingerprint density at radius 1 is 0.732 bits per heavy atom. The van der Waals surface area contributed by atoms with Gasteiger partial charge in [0.1, 0.15) is 17.2 Å². The van der Waals surface area contributed by atoms with Gasteiger partial charge in [-0.1, -0.05) is 81.8 Å². The van der Waals surface area contributed by atoms with Gasteiger partial charge in [0.15, 0.2) is 0 Å². The van der Waals surface area contributed by atoms with Crippen LogP contribution in [0.15, 0.2) is 85.1 Å². The van der Waals surface area contributed by atoms with Crippen molar-refractivity contribution in [1.82, 2.24) is 19.3 Å². The van der Waals surface area contributed by atoms with Crippen LogP contribution in [0.25, 0.3) is 44.4 Å². The summed E-state index contributed by atoms with van der Waals surface area (Å²) >= 11 is 0. The van der Waals surface area contributed by atoms with E-state index in [-0.39, 0.29) is 26.0 Å². The third-order valence-electron chi connectivity index (χ3n) is 10.4. The van der Waals surface area contributed by atoms with Crippen LogP contribution in [0.3, 0.4) is 0 Å². The fourth-order valence-corrected chi connectivity index (χ4v) is 7.60. The summed E-state index contributed by atoms with van der Waals surface area (Å²) in [4.78, 5) is 4.78. The predicted molar refractivity (Wildman–Crippen MR) is 226 cm³/mol. The molecule has 0 fully saturated rings. The molecule has 0 atom stereocenters. The SMILES string of the molecule is CCCCCCCc1c(-c2cc(C)c(C)c(C)c2)c(CCC)nn1-c1[c-]c(Oc2[c-]c3c(cc2)c2ccccc2n3-c2cc(OC(C)(C)C)ccn2)ccc1.[Pd+2]. The van der Waals surface area contributed by atoms with Gasteiger partial charge in [-0.25, -0.2) is 4.98 Å². The van der Waals surface area contributed by atoms with Crippen LogP contribution in [-0.2, 0) is 33.3 Å². The summed E-state index contributed by atoms with van der Waals surface area (Å²) in [6, 6.07) is 34.3. The number of aryl methyl sites for hydroxylation is 3. The summed E-state index contributed by atoms with van der Waals surface area (Å²) in [5, 5.41) is 7.53. The molecule has 0 aliphatic carbocycles. The van der Waals surface area contributed by atoms with Crippen LogP contribution < -0.4 is 9.47 Å². The molecule has 3 aromatic heterocycles. The van der Waals surface area contributed by atoms with E-state index in [2.05, 4.69) is 105 Å². The minimum absolute atomic E-state index is 0. The summed E-state index contributed by atoms with van der Waals surface area (Å²) < 4.78 is 17.1. The van der Waals surface area contributed by atoms with E-state index in [9.17, 15) is 0 Å². The van der Waals surface area contributed by atoms with Crippen molar-refractivity contribution in [2.75, 3.05) is 0 Å². The Balaban J connectivity index is 0.00000532. The van der Waals surface area contributed by atoms with Gasteiger partial charge >= 0.3 is 20.4 Å². The number of pyridine rings is 1. The average molecular weight is 837 g/mol. The van der Waals surface area contributed by atoms with Gasteiger partial charge in [0.05, 0.1) is 5.69 Å². The molecule has 56 heavy (non-hydrogen) atoms. The van der Waals surface area contributed by atoms with Crippen LogP contribution in [0.2, 0.25) is 0 Å². The van der Waals surface area contributed by atoms with E-state index in [1.165, 1.54) is 59.2 Å². The molecule has 7 heteroatoms. The Hall–Kier alpha value is -4.70. The van der Waals surface area contributed by atoms with E-state index in [4.69, 9.17) is 19.6 Å². The van der Waals surface area contributed by atoms with Crippen LogP contribution in [0, 0.1) is 32.9 Å². The molecule has 0 saturated carbocycles. The minimum Gasteiger partial charge on any atom is -0.509 e. The monoisotopic (exact) mass is 836 g/mol. The first-order valence-corrected chi connectivity index (χ1v) is 20.0. The number of rotatable bonds is 14. The standard InChI is InChI=1S/C49H54N4O2.Pd/c1-9-11-12-13-14-23-45-48(36-28-33(3)35(5)34(4)29-36)43(18-10-2)51-53(45)37-19-17-20-38(30-37)54-39-24-25-42-41-21-15-16-22-44(41)52(46(42)31-39)47-32-40(26-27-50-47)55-49(6,7)8;/h15-17,19-22,24-29,32H,9-14,18,23H2,1-8H3;/q-2;+2. The summed E-state index contributed by atoms with van der Waals surface area (Å²) in [6.45, 7) is 17.3. The fourth-order valence-electron chi connectivity index (χ4n) is 7.60. The molecule has 0 unspecified atom stereocenters. The number of aromatic nitrogens is 4. The largest absolute Gasteiger partial charge is 2.00 e. The van der Waals surface area contributed by atoms with Crippen LogP contribution in [-0.4, -0.2) is 24.9 Å². The van der Waals surface area contributed by atoms with Crippen molar-refractivity contribution in [3.8, 4) is 39.9 Å². The van der Waals surface area contributed by atoms with E-state index < -0.39 is 0 Å². The molecule has 7 rings (SSSR count). The van der Waals surface area contributed by atoms with Gasteiger partial charge in [-0.3, -0.25) is 4.68 Å². The van der Waals surface area contributed by atoms with Crippen LogP contribution in [0.5, 0.6) is 17.2 Å². The van der Waals surface area contributed by atoms with Crippen molar-refractivity contribution < 1.29 is 29.9 Å². The van der Waals surface area contributed by atoms with E-state index in [1.54, 1.807) is 6.20 Å². The first-order chi connectivity index (χ1) is 26.5. The number of hydrogen-bond donors (Lipinski definition) is 0. The molecule has 7 aromatic rings. The van der Waals surface area contributed by atoms with E-state index in [0.717, 1.165) is 70.4 Å². The molecule has 0 saturated heterocycles. The van der Waals surface area contributed by atoms with Crippen molar-refractivity contribution >= 4 is 21.8 Å². The molecule has 0 spiro atoms. The molecule has 0 aliphatic heterocycles. The van der Waals surface area contributed by atoms with Crippen LogP contribution >= 0.6 is 0 Å². The van der Waals surface area contributed by atoms with Gasteiger partial charge in [0.25, 0.3) is 0 Å². The predicted octanol–water partition coefficient (Wildman–Crippen LogP) is 13.0. The zero-order valence-electron chi connectivity index (χ0n) is 34.2. The quantitative estimate of drug-likeness (QED) is 0.0622. The number of unbranched alkanes of at least 4 members (excludes halogenated alkanes) is 4. The third-order valence-corrected chi connectivity index (χ3v) is 10.4. The molecule has 292 valence electrons. The summed E-state index contributed by atoms with van der Waals surface area (Å²) in [5.41, 5.74) is 11.4. The van der Waals surface area contributed by atoms with E-state index >= 15 is 0 Å². The summed E-state index contributed by atoms with van der Waals surface area (Å²) in [5.74, 6) is 2.73. The van der Waals surface area contributed by atoms with Crippen molar-refractivity contribution in [2.45, 2.75) is 112 Å². The second-order valence-corrected chi connectivity index (χ2v) is 15.8. The minimum atomic E-state index is -0.332. The van der Waals surface area contributed by atoms with Gasteiger partial charge in [0, 0.05) is 40.5 Å². The van der Waals surface area contributed by atoms with Gasteiger partial charge in [-0.05, 0) is 106 Å². The van der Waals surface area contributed by atoms with Crippen molar-refractivity contribution in [3.05, 3.63) is 125 Å². The third kappa shape index (κ3) is 8.80. The maximum atomic E-state index is 6.59. The molecule has 6 nitrogen and oxygen atoms in total. The molecule has 0 bridgehead atoms. The number of nitrogens with zero attached hydrogens (tertiary/aromatic N) is 4. The molecule has 0 radical (unpaired) electrons. The maximum absolute atomic E-state index is 6.59. The fraction of sp³-hybridized carbons (Fsp3) is 0.347. The smallest absolute Gasteiger partial charge is 0.509 e. The van der Waals surface area contributed by atoms with E-state index in [0.29, 0.717) is 11.5 Å². The maximum Gasteiger partial charge on any atom is 2.00 e. The van der Waals surface area contributed by atoms with Crippen molar-refractivity contribution in [3.63, 3.8) is 0 Å². The van der Waals surface area contributed by atoms with Crippen molar-refractivity contribution in [1.29, 1.82) is 0 Å². The molecule has 0 aliphatic rings. The Kier molecular flexibility index (Phi) is 12.9. The topological polar surface area (TPSA) is 54.1 Å². The van der Waals surface area contributed by atoms with Gasteiger partial charge < -0.3 is 14.0 Å². The van der Waals surface area contributed by atoms with Crippen LogP contribution in [0.4, 0.5) is 0 Å². The Morgan fingerprint density at radius 2 is 1.48 bits per heavy atom. The molecule has 3 heterocycles. The number of fused-ring (bicyclic) bond motifs is 3. The molecule has 0 N–H and O–H groups in total. The first-order valence-electron chi connectivity index (χ1n) is 20.0. The Morgan fingerprint density at radius 3 is 2.23 bits per heavy atom. The Labute approximate surface area is 346 Å². The van der Waals surface area contributed by atoms with Crippen LogP contribution in [0.1, 0.15) is 101 Å². The normalized spacial score (nSPS) is 11.6. The zero-order valence-corrected chi connectivity index (χ0v) is 35.7. The first kappa shape index (κ1) is 41.0. The molecular formula is C49H54N4O2Pd. The average Bonchev–Trinajstić information content (AvgIpc) is 3.68. The second-order valence-electron chi connectivity index (χ2n) is 15.8. The number of ether oxygens (including phenoxy) is 2. The second kappa shape index (κ2) is 17.6. The molecule has 4 aromatic carbocycles. The molecule has 0 amide bonds. The van der Waals surface area contributed by atoms with E-state index in [1.807, 2.05) is 51.1 Å².